The number of hydrogen-bond donors (Lipinski definition) is 1. The average Bonchev–Trinajstić information content (AvgIpc) is 2.89. The highest BCUT2D eigenvalue weighted by molar-refractivity contribution is 7.90. The van der Waals surface area contributed by atoms with E-state index in [0.717, 1.165) is 11.0 Å². The van der Waals surface area contributed by atoms with Crippen molar-refractivity contribution in [3.8, 4) is 0 Å². The van der Waals surface area contributed by atoms with Crippen LogP contribution in [0.4, 0.5) is 0 Å². The highest BCUT2D eigenvalue weighted by atomic mass is 32.2. The Labute approximate surface area is 141 Å². The third-order valence-corrected chi connectivity index (χ3v) is 5.43. The molecule has 0 saturated carbocycles. The number of imidazole rings is 1. The molecular weight excluding hydrogens is 324 g/mol. The molecule has 1 aromatic heterocycles. The van der Waals surface area contributed by atoms with Gasteiger partial charge in [0.2, 0.25) is 0 Å². The summed E-state index contributed by atoms with van der Waals surface area (Å²) in [4.78, 5) is 4.63. The minimum atomic E-state index is -3.23. The summed E-state index contributed by atoms with van der Waals surface area (Å²) in [6, 6.07) is 10.4. The van der Waals surface area contributed by atoms with Crippen molar-refractivity contribution >= 4 is 20.9 Å². The summed E-state index contributed by atoms with van der Waals surface area (Å²) in [5.41, 5.74) is 4.91. The van der Waals surface area contributed by atoms with Crippen molar-refractivity contribution in [1.82, 2.24) is 9.55 Å². The van der Waals surface area contributed by atoms with Gasteiger partial charge in [0.1, 0.15) is 0 Å². The molecule has 0 amide bonds. The molecule has 5 nitrogen and oxygen atoms in total. The maximum atomic E-state index is 11.5. The SMILES string of the molecule is Cc1cc2ncn(CC(O)c3ccc(S(C)(=O)=O)cc3)c2cc1C. The Kier molecular flexibility index (Phi) is 4.19. The van der Waals surface area contributed by atoms with Crippen LogP contribution in [0.5, 0.6) is 0 Å². The predicted octanol–water partition coefficient (Wildman–Crippen LogP) is 2.79. The first-order chi connectivity index (χ1) is 11.3. The van der Waals surface area contributed by atoms with Gasteiger partial charge in [0.05, 0.1) is 34.9 Å². The number of aliphatic hydroxyl groups excluding tert-OH is 1. The number of benzene rings is 2. The van der Waals surface area contributed by atoms with Crippen molar-refractivity contribution in [3.05, 3.63) is 59.4 Å². The summed E-state index contributed by atoms with van der Waals surface area (Å²) in [5, 5.41) is 10.5. The van der Waals surface area contributed by atoms with E-state index < -0.39 is 15.9 Å². The van der Waals surface area contributed by atoms with Crippen LogP contribution in [0.2, 0.25) is 0 Å². The third kappa shape index (κ3) is 3.20. The van der Waals surface area contributed by atoms with Gasteiger partial charge in [-0.25, -0.2) is 13.4 Å². The first kappa shape index (κ1) is 16.7. The molecule has 126 valence electrons. The molecular formula is C18H20N2O3S. The van der Waals surface area contributed by atoms with E-state index in [9.17, 15) is 13.5 Å². The van der Waals surface area contributed by atoms with Gasteiger partial charge in [-0.2, -0.15) is 0 Å². The summed E-state index contributed by atoms with van der Waals surface area (Å²) in [6.07, 6.45) is 2.15. The Bertz CT molecular complexity index is 989. The van der Waals surface area contributed by atoms with E-state index >= 15 is 0 Å². The Balaban J connectivity index is 1.87. The summed E-state index contributed by atoms with van der Waals surface area (Å²) < 4.78 is 24.9. The Morgan fingerprint density at radius 3 is 2.38 bits per heavy atom. The highest BCUT2D eigenvalue weighted by Crippen LogP contribution is 2.22. The number of aliphatic hydroxyl groups is 1. The molecule has 1 atom stereocenters. The Morgan fingerprint density at radius 2 is 1.75 bits per heavy atom. The summed E-state index contributed by atoms with van der Waals surface area (Å²) >= 11 is 0. The second-order valence-corrected chi connectivity index (χ2v) is 8.19. The van der Waals surface area contributed by atoms with Crippen LogP contribution in [0.1, 0.15) is 22.8 Å². The number of sulfone groups is 1. The molecule has 3 rings (SSSR count). The smallest absolute Gasteiger partial charge is 0.175 e. The fraction of sp³-hybridized carbons (Fsp3) is 0.278. The summed E-state index contributed by atoms with van der Waals surface area (Å²) in [6.45, 7) is 4.45. The molecule has 6 heteroatoms. The third-order valence-electron chi connectivity index (χ3n) is 4.30. The van der Waals surface area contributed by atoms with Crippen molar-refractivity contribution in [2.45, 2.75) is 31.4 Å². The number of aromatic nitrogens is 2. The Hall–Kier alpha value is -2.18. The standard InChI is InChI=1S/C18H20N2O3S/c1-12-8-16-17(9-13(12)2)20(11-19-16)10-18(21)14-4-6-15(7-5-14)24(3,22)23/h4-9,11,18,21H,10H2,1-3H3. The highest BCUT2D eigenvalue weighted by Gasteiger charge is 2.13. The molecule has 3 aromatic rings. The second-order valence-electron chi connectivity index (χ2n) is 6.18. The molecule has 0 saturated heterocycles. The van der Waals surface area contributed by atoms with Crippen molar-refractivity contribution in [3.63, 3.8) is 0 Å². The van der Waals surface area contributed by atoms with Gasteiger partial charge in [0, 0.05) is 6.26 Å². The molecule has 0 bridgehead atoms. The van der Waals surface area contributed by atoms with Crippen LogP contribution in [0.25, 0.3) is 11.0 Å². The molecule has 1 unspecified atom stereocenters. The van der Waals surface area contributed by atoms with Crippen LogP contribution in [0.15, 0.2) is 47.6 Å². The lowest BCUT2D eigenvalue weighted by Gasteiger charge is -2.13. The molecule has 0 spiro atoms. The minimum Gasteiger partial charge on any atom is -0.387 e. The second kappa shape index (κ2) is 6.03. The number of aryl methyl sites for hydroxylation is 2. The molecule has 0 radical (unpaired) electrons. The van der Waals surface area contributed by atoms with Crippen molar-refractivity contribution in [1.29, 1.82) is 0 Å². The summed E-state index contributed by atoms with van der Waals surface area (Å²) in [5.74, 6) is 0. The number of hydrogen-bond acceptors (Lipinski definition) is 4. The van der Waals surface area contributed by atoms with E-state index in [1.165, 1.54) is 29.5 Å². The average molecular weight is 344 g/mol. The van der Waals surface area contributed by atoms with Gasteiger partial charge in [-0.05, 0) is 54.8 Å². The maximum absolute atomic E-state index is 11.5. The lowest BCUT2D eigenvalue weighted by molar-refractivity contribution is 0.158. The van der Waals surface area contributed by atoms with Crippen LogP contribution >= 0.6 is 0 Å². The molecule has 0 aliphatic carbocycles. The lowest BCUT2D eigenvalue weighted by Crippen LogP contribution is -2.08. The van der Waals surface area contributed by atoms with E-state index in [-0.39, 0.29) is 4.90 Å². The normalized spacial score (nSPS) is 13.3. The molecule has 1 heterocycles. The van der Waals surface area contributed by atoms with Crippen LogP contribution in [-0.2, 0) is 16.4 Å². The van der Waals surface area contributed by atoms with Gasteiger partial charge < -0.3 is 9.67 Å². The van der Waals surface area contributed by atoms with Gasteiger partial charge >= 0.3 is 0 Å². The van der Waals surface area contributed by atoms with Crippen molar-refractivity contribution in [2.75, 3.05) is 6.26 Å². The molecule has 0 aliphatic rings. The first-order valence-electron chi connectivity index (χ1n) is 7.66. The molecule has 2 aromatic carbocycles. The van der Waals surface area contributed by atoms with Crippen molar-refractivity contribution < 1.29 is 13.5 Å². The predicted molar refractivity (Wildman–Crippen MR) is 93.7 cm³/mol. The van der Waals surface area contributed by atoms with Crippen LogP contribution < -0.4 is 0 Å². The topological polar surface area (TPSA) is 72.2 Å². The van der Waals surface area contributed by atoms with Gasteiger partial charge in [-0.15, -0.1) is 0 Å². The first-order valence-corrected chi connectivity index (χ1v) is 9.55. The van der Waals surface area contributed by atoms with Gasteiger partial charge in [-0.1, -0.05) is 12.1 Å². The Morgan fingerprint density at radius 1 is 1.12 bits per heavy atom. The number of fused-ring (bicyclic) bond motifs is 1. The van der Waals surface area contributed by atoms with Gasteiger partial charge in [0.25, 0.3) is 0 Å². The quantitative estimate of drug-likeness (QED) is 0.790. The van der Waals surface area contributed by atoms with Gasteiger partial charge in [-0.3, -0.25) is 0 Å². The molecule has 0 fully saturated rings. The van der Waals surface area contributed by atoms with Crippen LogP contribution in [0, 0.1) is 13.8 Å². The molecule has 0 aliphatic heterocycles. The number of nitrogens with zero attached hydrogens (tertiary/aromatic N) is 2. The van der Waals surface area contributed by atoms with E-state index in [4.69, 9.17) is 0 Å². The van der Waals surface area contributed by atoms with E-state index in [1.54, 1.807) is 18.5 Å². The van der Waals surface area contributed by atoms with E-state index in [2.05, 4.69) is 11.1 Å². The zero-order chi connectivity index (χ0) is 17.5. The van der Waals surface area contributed by atoms with Crippen molar-refractivity contribution in [2.24, 2.45) is 0 Å². The summed E-state index contributed by atoms with van der Waals surface area (Å²) in [7, 11) is -3.23. The monoisotopic (exact) mass is 344 g/mol. The van der Waals surface area contributed by atoms with E-state index in [0.29, 0.717) is 12.1 Å². The lowest BCUT2D eigenvalue weighted by atomic mass is 10.1. The fourth-order valence-electron chi connectivity index (χ4n) is 2.69. The van der Waals surface area contributed by atoms with E-state index in [1.807, 2.05) is 24.5 Å². The van der Waals surface area contributed by atoms with Crippen LogP contribution in [-0.4, -0.2) is 29.3 Å². The van der Waals surface area contributed by atoms with Gasteiger partial charge in [0.15, 0.2) is 9.84 Å². The molecule has 1 N–H and O–H groups in total. The minimum absolute atomic E-state index is 0.248. The maximum Gasteiger partial charge on any atom is 0.175 e. The fourth-order valence-corrected chi connectivity index (χ4v) is 3.32. The molecule has 24 heavy (non-hydrogen) atoms. The number of rotatable bonds is 4. The zero-order valence-corrected chi connectivity index (χ0v) is 14.7. The zero-order valence-electron chi connectivity index (χ0n) is 13.9. The largest absolute Gasteiger partial charge is 0.387 e. The van der Waals surface area contributed by atoms with Crippen LogP contribution in [0.3, 0.4) is 0 Å².